The summed E-state index contributed by atoms with van der Waals surface area (Å²) >= 11 is 17.2. The van der Waals surface area contributed by atoms with Crippen LogP contribution >= 0.6 is 34.8 Å². The van der Waals surface area contributed by atoms with Gasteiger partial charge < -0.3 is 19.5 Å². The number of carbonyl (C=O) groups excluding carboxylic acids is 2. The van der Waals surface area contributed by atoms with Gasteiger partial charge in [-0.1, -0.05) is 78.0 Å². The van der Waals surface area contributed by atoms with Crippen LogP contribution in [-0.2, 0) is 19.9 Å². The second kappa shape index (κ2) is 9.80. The quantitative estimate of drug-likeness (QED) is 0.419. The average Bonchev–Trinajstić information content (AvgIpc) is 3.32. The lowest BCUT2D eigenvalue weighted by Crippen LogP contribution is -2.59. The zero-order valence-corrected chi connectivity index (χ0v) is 20.7. The predicted octanol–water partition coefficient (Wildman–Crippen LogP) is 5.36. The van der Waals surface area contributed by atoms with Crippen molar-refractivity contribution >= 4 is 46.9 Å². The highest BCUT2D eigenvalue weighted by molar-refractivity contribution is 6.67. The van der Waals surface area contributed by atoms with Gasteiger partial charge in [0.2, 0.25) is 3.79 Å². The van der Waals surface area contributed by atoms with Gasteiger partial charge in [0.1, 0.15) is 12.2 Å². The number of piperidine rings is 1. The first-order chi connectivity index (χ1) is 15.6. The normalized spacial score (nSPS) is 27.6. The van der Waals surface area contributed by atoms with E-state index in [0.717, 1.165) is 38.5 Å². The van der Waals surface area contributed by atoms with E-state index in [0.29, 0.717) is 24.9 Å². The Kier molecular flexibility index (Phi) is 7.40. The monoisotopic (exact) mass is 517 g/mol. The van der Waals surface area contributed by atoms with Gasteiger partial charge in [0, 0.05) is 12.5 Å². The van der Waals surface area contributed by atoms with Crippen LogP contribution in [0.15, 0.2) is 30.3 Å². The van der Waals surface area contributed by atoms with Gasteiger partial charge in [-0.05, 0) is 50.0 Å². The maximum Gasteiger partial charge on any atom is 0.410 e. The first-order valence-electron chi connectivity index (χ1n) is 11.6. The van der Waals surface area contributed by atoms with Crippen LogP contribution in [0.1, 0.15) is 56.9 Å². The van der Waals surface area contributed by atoms with Gasteiger partial charge in [-0.3, -0.25) is 0 Å². The molecule has 1 saturated heterocycles. The van der Waals surface area contributed by atoms with Gasteiger partial charge in [0.05, 0.1) is 6.54 Å². The van der Waals surface area contributed by atoms with E-state index in [1.807, 2.05) is 18.2 Å². The minimum Gasteiger partial charge on any atom is -0.455 e. The van der Waals surface area contributed by atoms with Crippen molar-refractivity contribution in [2.24, 2.45) is 11.8 Å². The predicted molar refractivity (Wildman–Crippen MR) is 126 cm³/mol. The molecule has 4 rings (SSSR count). The molecule has 2 aliphatic carbocycles. The molecule has 33 heavy (non-hydrogen) atoms. The number of aliphatic hydroxyl groups is 1. The molecule has 0 aromatic heterocycles. The van der Waals surface area contributed by atoms with Crippen molar-refractivity contribution in [1.82, 2.24) is 4.90 Å². The lowest BCUT2D eigenvalue weighted by atomic mass is 9.74. The Labute approximate surface area is 209 Å². The summed E-state index contributed by atoms with van der Waals surface area (Å²) in [5, 5.41) is 11.8. The number of alkyl halides is 3. The molecule has 1 aromatic carbocycles. The third-order valence-corrected chi connectivity index (χ3v) is 7.59. The van der Waals surface area contributed by atoms with Gasteiger partial charge in [0.25, 0.3) is 0 Å². The Morgan fingerprint density at radius 3 is 2.45 bits per heavy atom. The summed E-state index contributed by atoms with van der Waals surface area (Å²) in [5.41, 5.74) is -2.02. The topological polar surface area (TPSA) is 76.1 Å². The van der Waals surface area contributed by atoms with Crippen LogP contribution in [-0.4, -0.2) is 51.2 Å². The zero-order valence-electron chi connectivity index (χ0n) is 18.5. The molecule has 1 aromatic rings. The first kappa shape index (κ1) is 24.9. The van der Waals surface area contributed by atoms with Gasteiger partial charge >= 0.3 is 12.1 Å². The number of carbonyl (C=O) groups is 2. The highest BCUT2D eigenvalue weighted by Crippen LogP contribution is 2.45. The Balaban J connectivity index is 1.55. The van der Waals surface area contributed by atoms with Crippen molar-refractivity contribution < 1.29 is 24.2 Å². The molecule has 1 aliphatic heterocycles. The molecule has 6 nitrogen and oxygen atoms in total. The van der Waals surface area contributed by atoms with E-state index in [2.05, 4.69) is 0 Å². The van der Waals surface area contributed by atoms with Crippen molar-refractivity contribution in [2.75, 3.05) is 19.7 Å². The summed E-state index contributed by atoms with van der Waals surface area (Å²) < 4.78 is 9.68. The second-order valence-corrected chi connectivity index (χ2v) is 12.2. The number of benzene rings is 1. The smallest absolute Gasteiger partial charge is 0.410 e. The second-order valence-electron chi connectivity index (χ2n) is 9.70. The third-order valence-electron chi connectivity index (χ3n) is 7.26. The Morgan fingerprint density at radius 2 is 1.79 bits per heavy atom. The fraction of sp³-hybridized carbons (Fsp3) is 0.667. The van der Waals surface area contributed by atoms with Gasteiger partial charge in [-0.25, -0.2) is 9.59 Å². The largest absolute Gasteiger partial charge is 0.455 e. The number of likely N-dealkylation sites (tertiary alicyclic amines) is 1. The zero-order chi connectivity index (χ0) is 23.7. The van der Waals surface area contributed by atoms with Crippen molar-refractivity contribution in [3.8, 4) is 0 Å². The van der Waals surface area contributed by atoms with Gasteiger partial charge in [-0.2, -0.15) is 0 Å². The molecule has 3 aliphatic rings. The molecular formula is C24H30Cl3NO5. The number of nitrogens with zero attached hydrogens (tertiary/aromatic N) is 1. The van der Waals surface area contributed by atoms with E-state index in [9.17, 15) is 14.7 Å². The summed E-state index contributed by atoms with van der Waals surface area (Å²) in [7, 11) is 0. The highest BCUT2D eigenvalue weighted by Gasteiger charge is 2.53. The lowest BCUT2D eigenvalue weighted by Gasteiger charge is -2.49. The number of amides is 1. The Hall–Kier alpha value is -1.21. The van der Waals surface area contributed by atoms with E-state index >= 15 is 0 Å². The highest BCUT2D eigenvalue weighted by atomic mass is 35.6. The van der Waals surface area contributed by atoms with Crippen LogP contribution in [0.2, 0.25) is 0 Å². The van der Waals surface area contributed by atoms with Crippen LogP contribution in [0.4, 0.5) is 4.79 Å². The van der Waals surface area contributed by atoms with Crippen LogP contribution in [0, 0.1) is 11.8 Å². The summed E-state index contributed by atoms with van der Waals surface area (Å²) in [4.78, 5) is 27.9. The molecule has 1 N–H and O–H groups in total. The molecule has 9 heteroatoms. The van der Waals surface area contributed by atoms with E-state index in [-0.39, 0.29) is 25.0 Å². The molecule has 1 amide bonds. The van der Waals surface area contributed by atoms with Crippen molar-refractivity contribution in [3.05, 3.63) is 35.9 Å². The number of hydrogen-bond acceptors (Lipinski definition) is 5. The molecule has 3 fully saturated rings. The Morgan fingerprint density at radius 1 is 1.09 bits per heavy atom. The molecule has 3 unspecified atom stereocenters. The van der Waals surface area contributed by atoms with Crippen LogP contribution in [0.5, 0.6) is 0 Å². The van der Waals surface area contributed by atoms with Crippen LogP contribution < -0.4 is 0 Å². The number of hydrogen-bond donors (Lipinski definition) is 1. The molecule has 2 saturated carbocycles. The van der Waals surface area contributed by atoms with Crippen LogP contribution in [0.25, 0.3) is 0 Å². The fourth-order valence-electron chi connectivity index (χ4n) is 5.80. The maximum absolute atomic E-state index is 13.7. The first-order valence-corrected chi connectivity index (χ1v) is 12.7. The van der Waals surface area contributed by atoms with Crippen molar-refractivity contribution in [3.63, 3.8) is 0 Å². The minimum atomic E-state index is -1.71. The van der Waals surface area contributed by atoms with E-state index in [4.69, 9.17) is 44.3 Å². The van der Waals surface area contributed by atoms with Gasteiger partial charge in [-0.15, -0.1) is 0 Å². The molecule has 182 valence electrons. The molecule has 3 atom stereocenters. The molecule has 2 bridgehead atoms. The van der Waals surface area contributed by atoms with E-state index in [1.54, 1.807) is 12.1 Å². The number of halogens is 3. The number of rotatable bonds is 5. The van der Waals surface area contributed by atoms with E-state index in [1.165, 1.54) is 4.90 Å². The van der Waals surface area contributed by atoms with E-state index < -0.39 is 27.1 Å². The summed E-state index contributed by atoms with van der Waals surface area (Å²) in [6.07, 6.45) is 5.99. The molecule has 1 heterocycles. The SMILES string of the molecule is O=C(OCC(Cl)(Cl)Cl)N1CC2CCCC(OC(=O)C(O)(c3ccccc3)C3CCCC3)(C2)C1. The summed E-state index contributed by atoms with van der Waals surface area (Å²) in [6, 6.07) is 9.06. The number of ether oxygens (including phenoxy) is 2. The van der Waals surface area contributed by atoms with Gasteiger partial charge in [0.15, 0.2) is 5.60 Å². The minimum absolute atomic E-state index is 0.178. The summed E-state index contributed by atoms with van der Waals surface area (Å²) in [6.45, 7) is 0.340. The van der Waals surface area contributed by atoms with Crippen molar-refractivity contribution in [2.45, 2.75) is 66.4 Å². The average molecular weight is 519 g/mol. The van der Waals surface area contributed by atoms with Crippen molar-refractivity contribution in [1.29, 1.82) is 0 Å². The fourth-order valence-corrected chi connectivity index (χ4v) is 5.96. The Bertz CT molecular complexity index is 857. The summed E-state index contributed by atoms with van der Waals surface area (Å²) in [5.74, 6) is -0.646. The standard InChI is InChI=1S/C24H30Cl3NO5/c25-23(26,27)16-32-21(30)28-14-17-7-6-12-22(13-17,15-28)33-20(29)24(31,19-10-4-5-11-19)18-8-2-1-3-9-18/h1-3,8-9,17,19,31H,4-7,10-16H2. The number of esters is 1. The molecular weight excluding hydrogens is 489 g/mol. The molecule has 0 spiro atoms. The van der Waals surface area contributed by atoms with Crippen LogP contribution in [0.3, 0.4) is 0 Å². The third kappa shape index (κ3) is 5.55. The molecule has 0 radical (unpaired) electrons. The lowest BCUT2D eigenvalue weighted by molar-refractivity contribution is -0.200. The number of fused-ring (bicyclic) bond motifs is 2. The maximum atomic E-state index is 13.7.